The van der Waals surface area contributed by atoms with Gasteiger partial charge in [-0.15, -0.1) is 0 Å². The quantitative estimate of drug-likeness (QED) is 0.851. The van der Waals surface area contributed by atoms with Crippen molar-refractivity contribution in [2.45, 2.75) is 20.8 Å². The van der Waals surface area contributed by atoms with Crippen molar-refractivity contribution in [2.24, 2.45) is 5.92 Å². The van der Waals surface area contributed by atoms with Crippen molar-refractivity contribution in [1.82, 2.24) is 0 Å². The lowest BCUT2D eigenvalue weighted by atomic mass is 10.2. The lowest BCUT2D eigenvalue weighted by molar-refractivity contribution is 0.271. The van der Waals surface area contributed by atoms with Gasteiger partial charge >= 0.3 is 0 Å². The Hall–Kier alpha value is -1.23. The second-order valence-corrected chi connectivity index (χ2v) is 6.25. The zero-order valence-electron chi connectivity index (χ0n) is 10.4. The van der Waals surface area contributed by atoms with E-state index in [-0.39, 0.29) is 5.75 Å². The standard InChI is InChI=1S/C12H19NO3S/c1-4-17(14,15)13-11-6-5-7-12(8-11)16-9-10(2)3/h5-8,10,13H,4,9H2,1-3H3. The van der Waals surface area contributed by atoms with Crippen LogP contribution in [0.25, 0.3) is 0 Å². The van der Waals surface area contributed by atoms with Gasteiger partial charge in [-0.05, 0) is 25.0 Å². The number of ether oxygens (including phenoxy) is 1. The summed E-state index contributed by atoms with van der Waals surface area (Å²) in [4.78, 5) is 0. The molecule has 0 saturated heterocycles. The summed E-state index contributed by atoms with van der Waals surface area (Å²) in [5.74, 6) is 1.17. The number of hydrogen-bond acceptors (Lipinski definition) is 3. The van der Waals surface area contributed by atoms with Gasteiger partial charge in [0.1, 0.15) is 5.75 Å². The fourth-order valence-electron chi connectivity index (χ4n) is 1.16. The minimum atomic E-state index is -3.23. The Labute approximate surface area is 103 Å². The van der Waals surface area contributed by atoms with Crippen molar-refractivity contribution in [1.29, 1.82) is 0 Å². The monoisotopic (exact) mass is 257 g/mol. The maximum absolute atomic E-state index is 11.4. The van der Waals surface area contributed by atoms with Crippen LogP contribution in [0.5, 0.6) is 5.75 Å². The van der Waals surface area contributed by atoms with Crippen LogP contribution in [0.1, 0.15) is 20.8 Å². The minimum Gasteiger partial charge on any atom is -0.493 e. The Kier molecular flexibility index (Phi) is 4.81. The molecule has 1 N–H and O–H groups in total. The lowest BCUT2D eigenvalue weighted by Gasteiger charge is -2.11. The number of rotatable bonds is 6. The summed E-state index contributed by atoms with van der Waals surface area (Å²) in [7, 11) is -3.23. The smallest absolute Gasteiger partial charge is 0.232 e. The minimum absolute atomic E-state index is 0.0596. The molecule has 0 radical (unpaired) electrons. The molecule has 1 aromatic carbocycles. The van der Waals surface area contributed by atoms with Crippen LogP contribution in [0.15, 0.2) is 24.3 Å². The van der Waals surface area contributed by atoms with E-state index in [2.05, 4.69) is 18.6 Å². The molecule has 0 saturated carbocycles. The molecule has 17 heavy (non-hydrogen) atoms. The van der Waals surface area contributed by atoms with Crippen LogP contribution in [0, 0.1) is 5.92 Å². The molecule has 0 amide bonds. The van der Waals surface area contributed by atoms with Crippen LogP contribution in [-0.4, -0.2) is 20.8 Å². The van der Waals surface area contributed by atoms with E-state index < -0.39 is 10.0 Å². The highest BCUT2D eigenvalue weighted by atomic mass is 32.2. The zero-order valence-corrected chi connectivity index (χ0v) is 11.3. The largest absolute Gasteiger partial charge is 0.493 e. The summed E-state index contributed by atoms with van der Waals surface area (Å²) in [5.41, 5.74) is 0.535. The Morgan fingerprint density at radius 2 is 2.06 bits per heavy atom. The molecule has 0 spiro atoms. The molecule has 96 valence electrons. The van der Waals surface area contributed by atoms with E-state index in [1.165, 1.54) is 0 Å². The molecule has 0 aliphatic rings. The van der Waals surface area contributed by atoms with Crippen molar-refractivity contribution in [3.8, 4) is 5.75 Å². The average Bonchev–Trinajstić information content (AvgIpc) is 2.26. The number of anilines is 1. The predicted octanol–water partition coefficient (Wildman–Crippen LogP) is 2.48. The Morgan fingerprint density at radius 1 is 1.35 bits per heavy atom. The SMILES string of the molecule is CCS(=O)(=O)Nc1cccc(OCC(C)C)c1. The van der Waals surface area contributed by atoms with Crippen LogP contribution in [0.3, 0.4) is 0 Å². The van der Waals surface area contributed by atoms with Crippen molar-refractivity contribution in [3.63, 3.8) is 0 Å². The van der Waals surface area contributed by atoms with E-state index in [1.807, 2.05) is 6.07 Å². The molecule has 0 aliphatic heterocycles. The molecular formula is C12H19NO3S. The second kappa shape index (κ2) is 5.91. The third-order valence-corrected chi connectivity index (χ3v) is 3.38. The van der Waals surface area contributed by atoms with Crippen molar-refractivity contribution in [3.05, 3.63) is 24.3 Å². The van der Waals surface area contributed by atoms with Gasteiger partial charge < -0.3 is 4.74 Å². The van der Waals surface area contributed by atoms with E-state index in [1.54, 1.807) is 25.1 Å². The average molecular weight is 257 g/mol. The summed E-state index contributed by atoms with van der Waals surface area (Å²) in [5, 5.41) is 0. The third kappa shape index (κ3) is 5.08. The molecule has 0 aromatic heterocycles. The Balaban J connectivity index is 2.72. The maximum atomic E-state index is 11.4. The highest BCUT2D eigenvalue weighted by Crippen LogP contribution is 2.19. The van der Waals surface area contributed by atoms with Crippen molar-refractivity contribution >= 4 is 15.7 Å². The molecule has 1 aromatic rings. The zero-order chi connectivity index (χ0) is 12.9. The van der Waals surface area contributed by atoms with Crippen molar-refractivity contribution in [2.75, 3.05) is 17.1 Å². The number of sulfonamides is 1. The predicted molar refractivity (Wildman–Crippen MR) is 69.9 cm³/mol. The van der Waals surface area contributed by atoms with Gasteiger partial charge in [0.25, 0.3) is 0 Å². The first-order chi connectivity index (χ1) is 7.93. The fourth-order valence-corrected chi connectivity index (χ4v) is 1.79. The van der Waals surface area contributed by atoms with Crippen LogP contribution in [0.2, 0.25) is 0 Å². The molecule has 0 heterocycles. The van der Waals surface area contributed by atoms with E-state index in [4.69, 9.17) is 4.74 Å². The van der Waals surface area contributed by atoms with E-state index in [0.29, 0.717) is 24.0 Å². The van der Waals surface area contributed by atoms with Gasteiger partial charge in [0, 0.05) is 6.07 Å². The molecule has 4 nitrogen and oxygen atoms in total. The summed E-state index contributed by atoms with van der Waals surface area (Å²) < 4.78 is 30.8. The Morgan fingerprint density at radius 3 is 2.65 bits per heavy atom. The first kappa shape index (κ1) is 13.8. The third-order valence-electron chi connectivity index (χ3n) is 2.07. The molecule has 5 heteroatoms. The second-order valence-electron chi connectivity index (χ2n) is 4.24. The van der Waals surface area contributed by atoms with Crippen LogP contribution in [-0.2, 0) is 10.0 Å². The topological polar surface area (TPSA) is 55.4 Å². The molecule has 0 aliphatic carbocycles. The molecule has 0 bridgehead atoms. The number of benzene rings is 1. The summed E-state index contributed by atoms with van der Waals surface area (Å²) in [6.07, 6.45) is 0. The van der Waals surface area contributed by atoms with Crippen LogP contribution in [0.4, 0.5) is 5.69 Å². The molecule has 0 atom stereocenters. The summed E-state index contributed by atoms with van der Waals surface area (Å²) in [6, 6.07) is 6.97. The molecular weight excluding hydrogens is 238 g/mol. The van der Waals surface area contributed by atoms with E-state index >= 15 is 0 Å². The Bertz CT molecular complexity index is 455. The van der Waals surface area contributed by atoms with Gasteiger partial charge in [-0.25, -0.2) is 8.42 Å². The molecule has 1 rings (SSSR count). The van der Waals surface area contributed by atoms with E-state index in [0.717, 1.165) is 0 Å². The fraction of sp³-hybridized carbons (Fsp3) is 0.500. The van der Waals surface area contributed by atoms with Gasteiger partial charge in [0.05, 0.1) is 18.0 Å². The van der Waals surface area contributed by atoms with Crippen LogP contribution < -0.4 is 9.46 Å². The first-order valence-corrected chi connectivity index (χ1v) is 7.31. The van der Waals surface area contributed by atoms with Crippen LogP contribution >= 0.6 is 0 Å². The highest BCUT2D eigenvalue weighted by molar-refractivity contribution is 7.92. The molecule has 0 unspecified atom stereocenters. The van der Waals surface area contributed by atoms with Gasteiger partial charge in [-0.3, -0.25) is 4.72 Å². The maximum Gasteiger partial charge on any atom is 0.232 e. The first-order valence-electron chi connectivity index (χ1n) is 5.66. The van der Waals surface area contributed by atoms with Gasteiger partial charge in [-0.1, -0.05) is 19.9 Å². The van der Waals surface area contributed by atoms with E-state index in [9.17, 15) is 8.42 Å². The summed E-state index contributed by atoms with van der Waals surface area (Å²) >= 11 is 0. The number of nitrogens with one attached hydrogen (secondary N) is 1. The van der Waals surface area contributed by atoms with Gasteiger partial charge in [-0.2, -0.15) is 0 Å². The molecule has 0 fully saturated rings. The summed E-state index contributed by atoms with van der Waals surface area (Å²) in [6.45, 7) is 6.33. The van der Waals surface area contributed by atoms with Gasteiger partial charge in [0.15, 0.2) is 0 Å². The van der Waals surface area contributed by atoms with Gasteiger partial charge in [0.2, 0.25) is 10.0 Å². The lowest BCUT2D eigenvalue weighted by Crippen LogP contribution is -2.14. The normalized spacial score (nSPS) is 11.5. The number of hydrogen-bond donors (Lipinski definition) is 1. The highest BCUT2D eigenvalue weighted by Gasteiger charge is 2.07. The van der Waals surface area contributed by atoms with Crippen molar-refractivity contribution < 1.29 is 13.2 Å².